The quantitative estimate of drug-likeness (QED) is 0.501. The van der Waals surface area contributed by atoms with E-state index in [9.17, 15) is 0 Å². The van der Waals surface area contributed by atoms with Crippen LogP contribution >= 0.6 is 11.3 Å². The number of hydrogen-bond acceptors (Lipinski definition) is 3. The van der Waals surface area contributed by atoms with Crippen LogP contribution in [-0.4, -0.2) is 0 Å². The highest BCUT2D eigenvalue weighted by Gasteiger charge is 2.53. The van der Waals surface area contributed by atoms with Crippen molar-refractivity contribution in [2.75, 3.05) is 4.90 Å². The van der Waals surface area contributed by atoms with Gasteiger partial charge in [0.25, 0.3) is 0 Å². The molecule has 5 rings (SSSR count). The molecule has 124 valence electrons. The molecule has 2 aliphatic rings. The summed E-state index contributed by atoms with van der Waals surface area (Å²) in [5, 5.41) is 2.16. The van der Waals surface area contributed by atoms with Gasteiger partial charge in [0, 0.05) is 11.3 Å². The summed E-state index contributed by atoms with van der Waals surface area (Å²) in [5.41, 5.74) is 5.33. The third kappa shape index (κ3) is 1.76. The summed E-state index contributed by atoms with van der Waals surface area (Å²) in [7, 11) is 0. The van der Waals surface area contributed by atoms with Gasteiger partial charge in [0.1, 0.15) is 11.3 Å². The monoisotopic (exact) mass is 337 g/mol. The van der Waals surface area contributed by atoms with Crippen LogP contribution in [0.15, 0.2) is 40.1 Å². The second kappa shape index (κ2) is 5.13. The Kier molecular flexibility index (Phi) is 3.12. The van der Waals surface area contributed by atoms with Crippen molar-refractivity contribution < 1.29 is 4.42 Å². The van der Waals surface area contributed by atoms with Gasteiger partial charge >= 0.3 is 0 Å². The standard InChI is InChI=1S/C21H23NOS/c1-14-8-4-5-9-16(14)22-15(2)18-19-17(10-13-24-19)23-20(18)21(22)11-6-3-7-12-21/h4-5,8-10,13,15H,3,6-7,11-12H2,1-2H3/t15-/m0/s1. The first kappa shape index (κ1) is 14.6. The summed E-state index contributed by atoms with van der Waals surface area (Å²) >= 11 is 1.83. The van der Waals surface area contributed by atoms with Gasteiger partial charge in [-0.1, -0.05) is 37.5 Å². The lowest BCUT2D eigenvalue weighted by molar-refractivity contribution is 0.248. The van der Waals surface area contributed by atoms with Crippen LogP contribution in [-0.2, 0) is 5.54 Å². The Bertz CT molecular complexity index is 900. The van der Waals surface area contributed by atoms with Gasteiger partial charge in [-0.15, -0.1) is 11.3 Å². The molecule has 0 amide bonds. The Hall–Kier alpha value is -1.74. The predicted octanol–water partition coefficient (Wildman–Crippen LogP) is 6.54. The lowest BCUT2D eigenvalue weighted by atomic mass is 9.79. The number of para-hydroxylation sites is 1. The largest absolute Gasteiger partial charge is 0.457 e. The number of rotatable bonds is 1. The summed E-state index contributed by atoms with van der Waals surface area (Å²) in [6, 6.07) is 11.4. The number of thiophene rings is 1. The van der Waals surface area contributed by atoms with E-state index < -0.39 is 0 Å². The molecule has 3 heterocycles. The molecule has 1 aliphatic carbocycles. The van der Waals surface area contributed by atoms with Crippen LogP contribution in [0.1, 0.15) is 62.0 Å². The van der Waals surface area contributed by atoms with Gasteiger partial charge in [0.05, 0.1) is 16.3 Å². The highest BCUT2D eigenvalue weighted by molar-refractivity contribution is 7.17. The molecule has 1 saturated carbocycles. The van der Waals surface area contributed by atoms with Crippen LogP contribution in [0.3, 0.4) is 0 Å². The first-order valence-corrected chi connectivity index (χ1v) is 9.96. The van der Waals surface area contributed by atoms with E-state index in [1.54, 1.807) is 0 Å². The summed E-state index contributed by atoms with van der Waals surface area (Å²) in [6.45, 7) is 4.60. The van der Waals surface area contributed by atoms with E-state index in [-0.39, 0.29) is 5.54 Å². The third-order valence-electron chi connectivity index (χ3n) is 6.07. The maximum atomic E-state index is 6.47. The number of aryl methyl sites for hydroxylation is 1. The molecule has 1 spiro atoms. The zero-order valence-corrected chi connectivity index (χ0v) is 15.2. The Labute approximate surface area is 147 Å². The molecular weight excluding hydrogens is 314 g/mol. The molecule has 0 radical (unpaired) electrons. The minimum Gasteiger partial charge on any atom is -0.457 e. The Morgan fingerprint density at radius 2 is 1.92 bits per heavy atom. The van der Waals surface area contributed by atoms with Gasteiger partial charge in [0.2, 0.25) is 0 Å². The third-order valence-corrected chi connectivity index (χ3v) is 7.00. The molecule has 1 atom stereocenters. The maximum Gasteiger partial charge on any atom is 0.145 e. The van der Waals surface area contributed by atoms with Gasteiger partial charge in [-0.05, 0) is 49.8 Å². The van der Waals surface area contributed by atoms with Crippen molar-refractivity contribution >= 4 is 27.3 Å². The van der Waals surface area contributed by atoms with E-state index in [0.29, 0.717) is 6.04 Å². The average molecular weight is 337 g/mol. The van der Waals surface area contributed by atoms with Crippen molar-refractivity contribution in [3.05, 3.63) is 52.6 Å². The average Bonchev–Trinajstić information content (AvgIpc) is 3.23. The van der Waals surface area contributed by atoms with E-state index in [1.165, 1.54) is 59.4 Å². The van der Waals surface area contributed by atoms with Gasteiger partial charge in [-0.3, -0.25) is 0 Å². The van der Waals surface area contributed by atoms with Gasteiger partial charge in [-0.25, -0.2) is 0 Å². The smallest absolute Gasteiger partial charge is 0.145 e. The molecule has 1 aromatic carbocycles. The number of furan rings is 1. The highest BCUT2D eigenvalue weighted by Crippen LogP contribution is 2.58. The number of benzene rings is 1. The summed E-state index contributed by atoms with van der Waals surface area (Å²) in [4.78, 5) is 2.69. The lowest BCUT2D eigenvalue weighted by Gasteiger charge is -2.45. The van der Waals surface area contributed by atoms with Crippen LogP contribution in [0, 0.1) is 6.92 Å². The molecule has 2 aromatic heterocycles. The maximum absolute atomic E-state index is 6.47. The van der Waals surface area contributed by atoms with Crippen LogP contribution in [0.2, 0.25) is 0 Å². The lowest BCUT2D eigenvalue weighted by Crippen LogP contribution is -2.44. The van der Waals surface area contributed by atoms with Crippen molar-refractivity contribution in [3.8, 4) is 0 Å². The van der Waals surface area contributed by atoms with E-state index in [1.807, 2.05) is 11.3 Å². The minimum atomic E-state index is 0.0534. The van der Waals surface area contributed by atoms with Crippen molar-refractivity contribution in [3.63, 3.8) is 0 Å². The molecule has 0 unspecified atom stereocenters. The SMILES string of the molecule is Cc1ccccc1N1[C@@H](C)c2c(oc3ccsc23)C12CCCCC2. The number of anilines is 1. The summed E-state index contributed by atoms with van der Waals surface area (Å²) < 4.78 is 7.83. The second-order valence-corrected chi connectivity index (χ2v) is 8.30. The zero-order chi connectivity index (χ0) is 16.3. The molecule has 1 aliphatic heterocycles. The van der Waals surface area contributed by atoms with Crippen LogP contribution in [0.4, 0.5) is 5.69 Å². The fourth-order valence-corrected chi connectivity index (χ4v) is 6.00. The topological polar surface area (TPSA) is 16.4 Å². The number of nitrogens with zero attached hydrogens (tertiary/aromatic N) is 1. The number of fused-ring (bicyclic) bond motifs is 4. The predicted molar refractivity (Wildman–Crippen MR) is 101 cm³/mol. The molecule has 24 heavy (non-hydrogen) atoms. The van der Waals surface area contributed by atoms with E-state index in [2.05, 4.69) is 54.5 Å². The minimum absolute atomic E-state index is 0.0534. The van der Waals surface area contributed by atoms with Crippen LogP contribution in [0.25, 0.3) is 10.3 Å². The molecule has 3 heteroatoms. The van der Waals surface area contributed by atoms with Crippen molar-refractivity contribution in [2.24, 2.45) is 0 Å². The fraction of sp³-hybridized carbons (Fsp3) is 0.429. The highest BCUT2D eigenvalue weighted by atomic mass is 32.1. The zero-order valence-electron chi connectivity index (χ0n) is 14.3. The van der Waals surface area contributed by atoms with E-state index >= 15 is 0 Å². The van der Waals surface area contributed by atoms with Gasteiger partial charge < -0.3 is 9.32 Å². The molecule has 1 fully saturated rings. The second-order valence-electron chi connectivity index (χ2n) is 7.38. The van der Waals surface area contributed by atoms with Crippen molar-refractivity contribution in [1.82, 2.24) is 0 Å². The molecule has 0 saturated heterocycles. The number of hydrogen-bond donors (Lipinski definition) is 0. The van der Waals surface area contributed by atoms with Gasteiger partial charge in [0.15, 0.2) is 0 Å². The van der Waals surface area contributed by atoms with Crippen LogP contribution < -0.4 is 4.90 Å². The van der Waals surface area contributed by atoms with Gasteiger partial charge in [-0.2, -0.15) is 0 Å². The normalized spacial score (nSPS) is 22.4. The summed E-state index contributed by atoms with van der Waals surface area (Å²) in [5.74, 6) is 1.26. The summed E-state index contributed by atoms with van der Waals surface area (Å²) in [6.07, 6.45) is 6.35. The Morgan fingerprint density at radius 1 is 1.12 bits per heavy atom. The molecule has 3 aromatic rings. The van der Waals surface area contributed by atoms with Crippen molar-refractivity contribution in [1.29, 1.82) is 0 Å². The first-order chi connectivity index (χ1) is 11.7. The van der Waals surface area contributed by atoms with E-state index in [0.717, 1.165) is 5.58 Å². The van der Waals surface area contributed by atoms with Crippen LogP contribution in [0.5, 0.6) is 0 Å². The molecule has 0 bridgehead atoms. The van der Waals surface area contributed by atoms with E-state index in [4.69, 9.17) is 4.42 Å². The molecular formula is C21H23NOS. The molecule has 2 nitrogen and oxygen atoms in total. The Morgan fingerprint density at radius 3 is 2.71 bits per heavy atom. The Balaban J connectivity index is 1.77. The first-order valence-electron chi connectivity index (χ1n) is 9.08. The molecule has 0 N–H and O–H groups in total. The van der Waals surface area contributed by atoms with Crippen molar-refractivity contribution in [2.45, 2.75) is 57.5 Å². The fourth-order valence-electron chi connectivity index (χ4n) is 5.05.